The standard InChI is InChI=1S/C18H16BrF3O2S/c19-11-4-5-15(16(20)8-11)17-10-14(6-7-23-17)25-13-3-1-2-12(9-13)24-18(21)22/h1-5,8-9,14,17-18H,6-7,10H2. The molecule has 0 saturated carbocycles. The molecule has 1 saturated heterocycles. The molecule has 1 aliphatic heterocycles. The number of halogens is 4. The molecule has 1 aliphatic rings. The predicted octanol–water partition coefficient (Wildman–Crippen LogP) is 6.20. The molecule has 2 aromatic carbocycles. The molecule has 3 rings (SSSR count). The van der Waals surface area contributed by atoms with Crippen molar-refractivity contribution in [2.24, 2.45) is 0 Å². The van der Waals surface area contributed by atoms with Gasteiger partial charge in [-0.2, -0.15) is 8.78 Å². The molecule has 7 heteroatoms. The first-order chi connectivity index (χ1) is 12.0. The minimum atomic E-state index is -2.84. The fraction of sp³-hybridized carbons (Fsp3) is 0.333. The summed E-state index contributed by atoms with van der Waals surface area (Å²) >= 11 is 4.83. The number of hydrogen-bond donors (Lipinski definition) is 0. The molecule has 0 radical (unpaired) electrons. The maximum absolute atomic E-state index is 14.2. The molecule has 1 fully saturated rings. The number of alkyl halides is 2. The summed E-state index contributed by atoms with van der Waals surface area (Å²) in [6, 6.07) is 11.6. The lowest BCUT2D eigenvalue weighted by atomic mass is 10.0. The first kappa shape index (κ1) is 18.6. The molecule has 2 atom stereocenters. The lowest BCUT2D eigenvalue weighted by molar-refractivity contribution is -0.0499. The Labute approximate surface area is 156 Å². The Balaban J connectivity index is 1.67. The summed E-state index contributed by atoms with van der Waals surface area (Å²) in [5, 5.41) is 0.212. The Hall–Kier alpha value is -1.18. The highest BCUT2D eigenvalue weighted by Gasteiger charge is 2.26. The van der Waals surface area contributed by atoms with Crippen LogP contribution in [0.15, 0.2) is 51.8 Å². The third kappa shape index (κ3) is 5.15. The van der Waals surface area contributed by atoms with Gasteiger partial charge in [0, 0.05) is 26.8 Å². The van der Waals surface area contributed by atoms with Gasteiger partial charge in [-0.15, -0.1) is 11.8 Å². The number of thioether (sulfide) groups is 1. The van der Waals surface area contributed by atoms with Crippen molar-refractivity contribution in [2.45, 2.75) is 35.7 Å². The fourth-order valence-electron chi connectivity index (χ4n) is 2.77. The zero-order valence-corrected chi connectivity index (χ0v) is 15.5. The van der Waals surface area contributed by atoms with Crippen LogP contribution < -0.4 is 4.74 Å². The molecule has 2 nitrogen and oxygen atoms in total. The number of ether oxygens (including phenoxy) is 2. The smallest absolute Gasteiger partial charge is 0.387 e. The van der Waals surface area contributed by atoms with Crippen LogP contribution in [0.2, 0.25) is 0 Å². The van der Waals surface area contributed by atoms with Gasteiger partial charge in [-0.25, -0.2) is 4.39 Å². The van der Waals surface area contributed by atoms with E-state index in [1.165, 1.54) is 12.1 Å². The lowest BCUT2D eigenvalue weighted by Gasteiger charge is -2.29. The fourth-order valence-corrected chi connectivity index (χ4v) is 4.31. The maximum atomic E-state index is 14.2. The van der Waals surface area contributed by atoms with E-state index in [9.17, 15) is 13.2 Å². The van der Waals surface area contributed by atoms with Crippen molar-refractivity contribution in [3.63, 3.8) is 0 Å². The van der Waals surface area contributed by atoms with E-state index >= 15 is 0 Å². The van der Waals surface area contributed by atoms with E-state index in [1.807, 2.05) is 6.07 Å². The molecule has 25 heavy (non-hydrogen) atoms. The van der Waals surface area contributed by atoms with Gasteiger partial charge in [0.25, 0.3) is 0 Å². The van der Waals surface area contributed by atoms with Crippen molar-refractivity contribution in [2.75, 3.05) is 6.61 Å². The molecule has 0 spiro atoms. The monoisotopic (exact) mass is 432 g/mol. The van der Waals surface area contributed by atoms with Crippen molar-refractivity contribution in [1.82, 2.24) is 0 Å². The van der Waals surface area contributed by atoms with Crippen LogP contribution >= 0.6 is 27.7 Å². The average Bonchev–Trinajstić information content (AvgIpc) is 2.55. The minimum absolute atomic E-state index is 0.141. The zero-order valence-electron chi connectivity index (χ0n) is 13.1. The second-order valence-corrected chi connectivity index (χ2v) is 7.93. The van der Waals surface area contributed by atoms with Gasteiger partial charge in [-0.1, -0.05) is 28.1 Å². The van der Waals surface area contributed by atoms with Gasteiger partial charge in [-0.05, 0) is 43.2 Å². The average molecular weight is 433 g/mol. The Morgan fingerprint density at radius 3 is 2.80 bits per heavy atom. The topological polar surface area (TPSA) is 18.5 Å². The molecule has 2 unspecified atom stereocenters. The Morgan fingerprint density at radius 2 is 2.04 bits per heavy atom. The van der Waals surface area contributed by atoms with Gasteiger partial charge in [0.05, 0.1) is 6.10 Å². The zero-order chi connectivity index (χ0) is 17.8. The first-order valence-electron chi connectivity index (χ1n) is 7.79. The molecule has 0 bridgehead atoms. The quantitative estimate of drug-likeness (QED) is 0.559. The second-order valence-electron chi connectivity index (χ2n) is 5.64. The summed E-state index contributed by atoms with van der Waals surface area (Å²) < 4.78 is 49.7. The van der Waals surface area contributed by atoms with Gasteiger partial charge in [-0.3, -0.25) is 0 Å². The normalized spacial score (nSPS) is 20.7. The first-order valence-corrected chi connectivity index (χ1v) is 9.46. The summed E-state index contributed by atoms with van der Waals surface area (Å²) in [4.78, 5) is 0.847. The summed E-state index contributed by atoms with van der Waals surface area (Å²) in [6.45, 7) is -2.31. The Kier molecular flexibility index (Phi) is 6.30. The van der Waals surface area contributed by atoms with Crippen molar-refractivity contribution in [3.8, 4) is 5.75 Å². The number of rotatable bonds is 5. The van der Waals surface area contributed by atoms with E-state index < -0.39 is 6.61 Å². The minimum Gasteiger partial charge on any atom is -0.435 e. The molecule has 0 amide bonds. The van der Waals surface area contributed by atoms with E-state index in [0.717, 1.165) is 11.3 Å². The Bertz CT molecular complexity index is 729. The van der Waals surface area contributed by atoms with Crippen LogP contribution in [-0.4, -0.2) is 18.5 Å². The third-order valence-corrected chi connectivity index (χ3v) is 5.66. The molecule has 0 aromatic heterocycles. The summed E-state index contributed by atoms with van der Waals surface area (Å²) in [5.74, 6) is -0.153. The van der Waals surface area contributed by atoms with Crippen LogP contribution in [0.4, 0.5) is 13.2 Å². The molecular weight excluding hydrogens is 417 g/mol. The predicted molar refractivity (Wildman–Crippen MR) is 94.7 cm³/mol. The van der Waals surface area contributed by atoms with Gasteiger partial charge in [0.2, 0.25) is 0 Å². The largest absolute Gasteiger partial charge is 0.435 e. The molecule has 1 heterocycles. The van der Waals surface area contributed by atoms with E-state index in [1.54, 1.807) is 36.0 Å². The molecule has 0 N–H and O–H groups in total. The molecule has 134 valence electrons. The second kappa shape index (κ2) is 8.47. The van der Waals surface area contributed by atoms with Crippen molar-refractivity contribution >= 4 is 27.7 Å². The van der Waals surface area contributed by atoms with E-state index in [2.05, 4.69) is 20.7 Å². The summed E-state index contributed by atoms with van der Waals surface area (Å²) in [6.07, 6.45) is 1.17. The molecule has 2 aromatic rings. The van der Waals surface area contributed by atoms with Crippen LogP contribution in [0.1, 0.15) is 24.5 Å². The van der Waals surface area contributed by atoms with E-state index in [0.29, 0.717) is 23.1 Å². The summed E-state index contributed by atoms with van der Waals surface area (Å²) in [7, 11) is 0. The molecule has 0 aliphatic carbocycles. The van der Waals surface area contributed by atoms with Crippen LogP contribution in [0.25, 0.3) is 0 Å². The van der Waals surface area contributed by atoms with Crippen molar-refractivity contribution < 1.29 is 22.6 Å². The highest BCUT2D eigenvalue weighted by molar-refractivity contribution is 9.10. The van der Waals surface area contributed by atoms with Gasteiger partial charge < -0.3 is 9.47 Å². The van der Waals surface area contributed by atoms with Gasteiger partial charge >= 0.3 is 6.61 Å². The number of benzene rings is 2. The number of hydrogen-bond acceptors (Lipinski definition) is 3. The van der Waals surface area contributed by atoms with Crippen LogP contribution in [0.3, 0.4) is 0 Å². The Morgan fingerprint density at radius 1 is 1.20 bits per heavy atom. The van der Waals surface area contributed by atoms with Crippen LogP contribution in [-0.2, 0) is 4.74 Å². The van der Waals surface area contributed by atoms with Crippen LogP contribution in [0.5, 0.6) is 5.75 Å². The van der Waals surface area contributed by atoms with E-state index in [-0.39, 0.29) is 22.9 Å². The van der Waals surface area contributed by atoms with Crippen molar-refractivity contribution in [1.29, 1.82) is 0 Å². The SMILES string of the molecule is Fc1cc(Br)ccc1C1CC(Sc2cccc(OC(F)F)c2)CCO1. The maximum Gasteiger partial charge on any atom is 0.387 e. The van der Waals surface area contributed by atoms with Crippen molar-refractivity contribution in [3.05, 3.63) is 58.3 Å². The van der Waals surface area contributed by atoms with Gasteiger partial charge in [0.15, 0.2) is 0 Å². The van der Waals surface area contributed by atoms with E-state index in [4.69, 9.17) is 4.74 Å². The lowest BCUT2D eigenvalue weighted by Crippen LogP contribution is -2.22. The molecular formula is C18H16BrF3O2S. The summed E-state index contributed by atoms with van der Waals surface area (Å²) in [5.41, 5.74) is 0.545. The third-order valence-electron chi connectivity index (χ3n) is 3.88. The van der Waals surface area contributed by atoms with Gasteiger partial charge in [0.1, 0.15) is 11.6 Å². The highest BCUT2D eigenvalue weighted by atomic mass is 79.9. The highest BCUT2D eigenvalue weighted by Crippen LogP contribution is 2.39. The van der Waals surface area contributed by atoms with Crippen LogP contribution in [0, 0.1) is 5.82 Å².